The van der Waals surface area contributed by atoms with Crippen LogP contribution >= 0.6 is 0 Å². The van der Waals surface area contributed by atoms with Gasteiger partial charge in [0.25, 0.3) is 0 Å². The van der Waals surface area contributed by atoms with Gasteiger partial charge in [-0.15, -0.1) is 0 Å². The molecular formula is C53H35N3. The molecule has 0 N–H and O–H groups in total. The maximum atomic E-state index is 5.33. The van der Waals surface area contributed by atoms with Crippen LogP contribution in [0.3, 0.4) is 0 Å². The molecule has 0 amide bonds. The lowest BCUT2D eigenvalue weighted by atomic mass is 10.0. The number of hydrogen-bond acceptors (Lipinski definition) is 1. The molecule has 0 atom stereocenters. The van der Waals surface area contributed by atoms with E-state index < -0.39 is 0 Å². The highest BCUT2D eigenvalue weighted by molar-refractivity contribution is 6.12. The Morgan fingerprint density at radius 2 is 0.786 bits per heavy atom. The van der Waals surface area contributed by atoms with Gasteiger partial charge in [0.15, 0.2) is 0 Å². The third-order valence-corrected chi connectivity index (χ3v) is 11.1. The fourth-order valence-electron chi connectivity index (χ4n) is 8.47. The van der Waals surface area contributed by atoms with Crippen LogP contribution in [0.5, 0.6) is 0 Å². The van der Waals surface area contributed by atoms with Crippen LogP contribution in [0, 0.1) is 0 Å². The Kier molecular flexibility index (Phi) is 7.49. The van der Waals surface area contributed by atoms with Crippen molar-refractivity contribution in [1.29, 1.82) is 0 Å². The zero-order chi connectivity index (χ0) is 37.0. The summed E-state index contributed by atoms with van der Waals surface area (Å²) in [5.74, 6) is 0.896. The summed E-state index contributed by atoms with van der Waals surface area (Å²) < 4.78 is 4.74. The Bertz CT molecular complexity index is 3170. The topological polar surface area (TPSA) is 22.8 Å². The second-order valence-electron chi connectivity index (χ2n) is 14.4. The summed E-state index contributed by atoms with van der Waals surface area (Å²) in [5, 5.41) is 4.89. The molecule has 0 saturated carbocycles. The normalized spacial score (nSPS) is 11.6. The van der Waals surface area contributed by atoms with Crippen LogP contribution in [0.4, 0.5) is 0 Å². The number of pyridine rings is 1. The van der Waals surface area contributed by atoms with E-state index in [4.69, 9.17) is 4.98 Å². The van der Waals surface area contributed by atoms with E-state index in [9.17, 15) is 0 Å². The Morgan fingerprint density at radius 3 is 1.52 bits per heavy atom. The molecule has 0 aliphatic carbocycles. The van der Waals surface area contributed by atoms with E-state index >= 15 is 0 Å². The molecular weight excluding hydrogens is 679 g/mol. The highest BCUT2D eigenvalue weighted by atomic mass is 15.1. The summed E-state index contributed by atoms with van der Waals surface area (Å²) in [4.78, 5) is 5.33. The molecule has 3 heteroatoms. The fourth-order valence-corrected chi connectivity index (χ4v) is 8.47. The average Bonchev–Trinajstić information content (AvgIpc) is 3.79. The molecule has 56 heavy (non-hydrogen) atoms. The molecule has 0 spiro atoms. The van der Waals surface area contributed by atoms with Crippen molar-refractivity contribution in [2.24, 2.45) is 0 Å². The number of benzene rings is 8. The van der Waals surface area contributed by atoms with Gasteiger partial charge in [0.05, 0.1) is 27.8 Å². The van der Waals surface area contributed by atoms with Crippen LogP contribution in [0.25, 0.3) is 99.8 Å². The summed E-state index contributed by atoms with van der Waals surface area (Å²) >= 11 is 0. The van der Waals surface area contributed by atoms with Crippen LogP contribution in [0.15, 0.2) is 212 Å². The second-order valence-corrected chi connectivity index (χ2v) is 14.4. The first-order valence-corrected chi connectivity index (χ1v) is 19.1. The Labute approximate surface area is 325 Å². The number of para-hydroxylation sites is 2. The Hall–Kier alpha value is -7.49. The quantitative estimate of drug-likeness (QED) is 0.168. The minimum atomic E-state index is 0.896. The van der Waals surface area contributed by atoms with Crippen molar-refractivity contribution in [1.82, 2.24) is 14.1 Å². The zero-order valence-corrected chi connectivity index (χ0v) is 30.5. The van der Waals surface area contributed by atoms with Crippen molar-refractivity contribution in [2.45, 2.75) is 0 Å². The molecule has 3 nitrogen and oxygen atoms in total. The van der Waals surface area contributed by atoms with E-state index in [1.54, 1.807) is 0 Å². The maximum Gasteiger partial charge on any atom is 0.138 e. The van der Waals surface area contributed by atoms with Crippen LogP contribution < -0.4 is 0 Å². The molecule has 0 radical (unpaired) electrons. The summed E-state index contributed by atoms with van der Waals surface area (Å²) in [6.45, 7) is 0. The van der Waals surface area contributed by atoms with E-state index in [2.05, 4.69) is 221 Å². The minimum absolute atomic E-state index is 0.896. The van der Waals surface area contributed by atoms with E-state index in [1.807, 2.05) is 0 Å². The van der Waals surface area contributed by atoms with Crippen LogP contribution in [0.1, 0.15) is 0 Å². The van der Waals surface area contributed by atoms with E-state index in [0.29, 0.717) is 0 Å². The average molecular weight is 714 g/mol. The Morgan fingerprint density at radius 1 is 0.268 bits per heavy atom. The lowest BCUT2D eigenvalue weighted by Crippen LogP contribution is -2.00. The maximum absolute atomic E-state index is 5.33. The van der Waals surface area contributed by atoms with Crippen molar-refractivity contribution in [3.05, 3.63) is 212 Å². The largest absolute Gasteiger partial charge is 0.309 e. The van der Waals surface area contributed by atoms with E-state index in [1.165, 1.54) is 54.8 Å². The van der Waals surface area contributed by atoms with Gasteiger partial charge in [-0.3, -0.25) is 4.57 Å². The van der Waals surface area contributed by atoms with Crippen molar-refractivity contribution >= 4 is 43.6 Å². The number of aromatic nitrogens is 3. The minimum Gasteiger partial charge on any atom is -0.309 e. The van der Waals surface area contributed by atoms with Crippen LogP contribution in [0.2, 0.25) is 0 Å². The third-order valence-electron chi connectivity index (χ3n) is 11.1. The standard InChI is InChI=1S/C53H35N3/c1-4-15-36(16-5-1)39-21-14-22-43(31-39)55-49-25-12-10-23-44(49)46-29-27-41(34-52(46)55)40-28-30-51-47(32-40)45-24-11-13-26-50(45)56(51)53-35-42(37-17-6-2-7-18-37)33-48(54-53)38-19-8-3-9-20-38/h1-35H. The monoisotopic (exact) mass is 713 g/mol. The van der Waals surface area contributed by atoms with Gasteiger partial charge < -0.3 is 4.57 Å². The van der Waals surface area contributed by atoms with Gasteiger partial charge in [-0.1, -0.05) is 158 Å². The summed E-state index contributed by atoms with van der Waals surface area (Å²) in [6, 6.07) is 76.3. The lowest BCUT2D eigenvalue weighted by molar-refractivity contribution is 1.08. The van der Waals surface area contributed by atoms with Gasteiger partial charge in [0, 0.05) is 32.8 Å². The van der Waals surface area contributed by atoms with Crippen molar-refractivity contribution < 1.29 is 0 Å². The molecule has 0 bridgehead atoms. The molecule has 8 aromatic carbocycles. The van der Waals surface area contributed by atoms with Gasteiger partial charge in [0.2, 0.25) is 0 Å². The van der Waals surface area contributed by atoms with Crippen molar-refractivity contribution in [2.75, 3.05) is 0 Å². The molecule has 11 rings (SSSR count). The van der Waals surface area contributed by atoms with Gasteiger partial charge in [0.1, 0.15) is 5.82 Å². The van der Waals surface area contributed by atoms with Gasteiger partial charge >= 0.3 is 0 Å². The number of fused-ring (bicyclic) bond motifs is 6. The summed E-state index contributed by atoms with van der Waals surface area (Å²) in [7, 11) is 0. The number of hydrogen-bond donors (Lipinski definition) is 0. The molecule has 262 valence electrons. The van der Waals surface area contributed by atoms with Crippen molar-refractivity contribution in [3.63, 3.8) is 0 Å². The molecule has 0 saturated heterocycles. The second kappa shape index (κ2) is 13.1. The fraction of sp³-hybridized carbons (Fsp3) is 0. The molecule has 0 aliphatic rings. The first-order valence-electron chi connectivity index (χ1n) is 19.1. The highest BCUT2D eigenvalue weighted by Gasteiger charge is 2.18. The highest BCUT2D eigenvalue weighted by Crippen LogP contribution is 2.39. The number of rotatable bonds is 6. The SMILES string of the molecule is c1ccc(-c2cccc(-n3c4ccccc4c4ccc(-c5ccc6c(c5)c5ccccc5n6-c5cc(-c6ccccc6)cc(-c6ccccc6)n5)cc43)c2)cc1. The van der Waals surface area contributed by atoms with Crippen molar-refractivity contribution in [3.8, 4) is 56.1 Å². The first-order chi connectivity index (χ1) is 27.8. The van der Waals surface area contributed by atoms with Gasteiger partial charge in [-0.2, -0.15) is 0 Å². The van der Waals surface area contributed by atoms with Crippen LogP contribution in [-0.2, 0) is 0 Å². The molecule has 0 fully saturated rings. The smallest absolute Gasteiger partial charge is 0.138 e. The third kappa shape index (κ3) is 5.32. The van der Waals surface area contributed by atoms with Gasteiger partial charge in [-0.05, 0) is 88.0 Å². The lowest BCUT2D eigenvalue weighted by Gasteiger charge is -2.13. The first kappa shape index (κ1) is 32.0. The molecule has 0 aliphatic heterocycles. The molecule has 3 aromatic heterocycles. The predicted octanol–water partition coefficient (Wildman–Crippen LogP) is 13.9. The zero-order valence-electron chi connectivity index (χ0n) is 30.5. The van der Waals surface area contributed by atoms with E-state index in [0.717, 1.165) is 44.9 Å². The molecule has 3 heterocycles. The van der Waals surface area contributed by atoms with E-state index in [-0.39, 0.29) is 0 Å². The summed E-state index contributed by atoms with van der Waals surface area (Å²) in [5.41, 5.74) is 14.9. The van der Waals surface area contributed by atoms with Crippen LogP contribution in [-0.4, -0.2) is 14.1 Å². The molecule has 0 unspecified atom stereocenters. The molecule has 11 aromatic rings. The van der Waals surface area contributed by atoms with Gasteiger partial charge in [-0.25, -0.2) is 4.98 Å². The predicted molar refractivity (Wildman–Crippen MR) is 235 cm³/mol. The number of nitrogens with zero attached hydrogens (tertiary/aromatic N) is 3. The Balaban J connectivity index is 1.09. The summed E-state index contributed by atoms with van der Waals surface area (Å²) in [6.07, 6.45) is 0.